The molecule has 4 nitrogen and oxygen atoms in total. The highest BCUT2D eigenvalue weighted by atomic mass is 19.4. The molecule has 1 unspecified atom stereocenters. The molecular formula is C14H11F3O4. The van der Waals surface area contributed by atoms with Crippen molar-refractivity contribution in [1.82, 2.24) is 0 Å². The quantitative estimate of drug-likeness (QED) is 0.911. The van der Waals surface area contributed by atoms with Crippen LogP contribution in [0.4, 0.5) is 13.2 Å². The monoisotopic (exact) mass is 300 g/mol. The molecule has 0 aromatic heterocycles. The first-order valence-corrected chi connectivity index (χ1v) is 5.92. The fraction of sp³-hybridized carbons (Fsp3) is 0.214. The molecule has 112 valence electrons. The second-order valence-corrected chi connectivity index (χ2v) is 4.37. The zero-order valence-corrected chi connectivity index (χ0v) is 10.6. The Balaban J connectivity index is 2.33. The minimum absolute atomic E-state index is 0.218. The number of aromatic carboxylic acids is 1. The van der Waals surface area contributed by atoms with Crippen LogP contribution in [0.5, 0.6) is 5.75 Å². The fourth-order valence-electron chi connectivity index (χ4n) is 1.77. The van der Waals surface area contributed by atoms with Gasteiger partial charge in [0.25, 0.3) is 0 Å². The predicted molar refractivity (Wildman–Crippen MR) is 68.5 cm³/mol. The second kappa shape index (κ2) is 5.61. The smallest absolute Gasteiger partial charge is 0.417 e. The van der Waals surface area contributed by atoms with Crippen molar-refractivity contribution in [3.8, 4) is 5.75 Å². The minimum Gasteiger partial charge on any atom is -0.490 e. The van der Waals surface area contributed by atoms with E-state index < -0.39 is 24.9 Å². The van der Waals surface area contributed by atoms with E-state index in [4.69, 9.17) is 14.9 Å². The van der Waals surface area contributed by atoms with Crippen LogP contribution in [-0.2, 0) is 0 Å². The van der Waals surface area contributed by atoms with E-state index >= 15 is 0 Å². The summed E-state index contributed by atoms with van der Waals surface area (Å²) in [6.07, 6.45) is -7.49. The second-order valence-electron chi connectivity index (χ2n) is 4.37. The molecule has 0 aliphatic carbocycles. The molecule has 0 fully saturated rings. The van der Waals surface area contributed by atoms with E-state index in [2.05, 4.69) is 0 Å². The number of rotatable bonds is 4. The molecule has 0 saturated carbocycles. The van der Waals surface area contributed by atoms with E-state index in [-0.39, 0.29) is 11.3 Å². The highest BCUT2D eigenvalue weighted by Gasteiger charge is 2.38. The van der Waals surface area contributed by atoms with E-state index in [1.807, 2.05) is 0 Å². The highest BCUT2D eigenvalue weighted by Crippen LogP contribution is 2.27. The molecule has 0 saturated heterocycles. The minimum atomic E-state index is -4.82. The molecule has 2 aromatic carbocycles. The number of carbonyl (C=O) groups is 1. The van der Waals surface area contributed by atoms with Crippen molar-refractivity contribution in [2.45, 2.75) is 12.3 Å². The number of halogens is 3. The molecule has 2 N–H and O–H groups in total. The van der Waals surface area contributed by atoms with Crippen molar-refractivity contribution in [2.75, 3.05) is 6.61 Å². The number of aliphatic hydroxyl groups excluding tert-OH is 1. The number of carboxylic acid groups (broad SMARTS) is 1. The van der Waals surface area contributed by atoms with Gasteiger partial charge in [-0.2, -0.15) is 13.2 Å². The van der Waals surface area contributed by atoms with E-state index in [1.54, 1.807) is 24.3 Å². The van der Waals surface area contributed by atoms with Crippen LogP contribution in [0.15, 0.2) is 36.4 Å². The van der Waals surface area contributed by atoms with Gasteiger partial charge in [-0.25, -0.2) is 4.79 Å². The third kappa shape index (κ3) is 3.43. The topological polar surface area (TPSA) is 66.8 Å². The van der Waals surface area contributed by atoms with Gasteiger partial charge in [0.1, 0.15) is 17.9 Å². The number of carboxylic acids is 1. The summed E-state index contributed by atoms with van der Waals surface area (Å²) in [6.45, 7) is -1.07. The normalized spacial score (nSPS) is 13.1. The van der Waals surface area contributed by atoms with E-state index in [0.29, 0.717) is 10.8 Å². The molecule has 2 aromatic rings. The Bertz CT molecular complexity index is 667. The molecule has 0 amide bonds. The maximum Gasteiger partial charge on any atom is 0.417 e. The number of ether oxygens (including phenoxy) is 1. The Morgan fingerprint density at radius 3 is 2.29 bits per heavy atom. The van der Waals surface area contributed by atoms with Crippen molar-refractivity contribution in [3.05, 3.63) is 42.0 Å². The van der Waals surface area contributed by atoms with Crippen molar-refractivity contribution < 1.29 is 32.9 Å². The van der Waals surface area contributed by atoms with Gasteiger partial charge in [-0.05, 0) is 22.9 Å². The maximum atomic E-state index is 12.2. The lowest BCUT2D eigenvalue weighted by Gasteiger charge is -2.16. The standard InChI is InChI=1S/C14H11F3O4/c15-14(16,17)12(18)7-21-11-6-9-4-2-1-3-8(9)5-10(11)13(19)20/h1-6,12,18H,7H2,(H,19,20). The van der Waals surface area contributed by atoms with Gasteiger partial charge in [0, 0.05) is 0 Å². The summed E-state index contributed by atoms with van der Waals surface area (Å²) in [4.78, 5) is 11.1. The zero-order valence-electron chi connectivity index (χ0n) is 10.6. The summed E-state index contributed by atoms with van der Waals surface area (Å²) >= 11 is 0. The summed E-state index contributed by atoms with van der Waals surface area (Å²) in [5.41, 5.74) is -0.261. The number of hydrogen-bond acceptors (Lipinski definition) is 3. The summed E-state index contributed by atoms with van der Waals surface area (Å²) in [5, 5.41) is 19.2. The van der Waals surface area contributed by atoms with Crippen LogP contribution in [0.1, 0.15) is 10.4 Å². The van der Waals surface area contributed by atoms with Crippen LogP contribution < -0.4 is 4.74 Å². The van der Waals surface area contributed by atoms with E-state index in [9.17, 15) is 18.0 Å². The van der Waals surface area contributed by atoms with Gasteiger partial charge in [0.05, 0.1) is 0 Å². The number of aliphatic hydroxyl groups is 1. The average molecular weight is 300 g/mol. The highest BCUT2D eigenvalue weighted by molar-refractivity contribution is 5.97. The molecule has 0 aliphatic rings. The van der Waals surface area contributed by atoms with Gasteiger partial charge in [0.2, 0.25) is 0 Å². The number of benzene rings is 2. The Morgan fingerprint density at radius 1 is 1.19 bits per heavy atom. The molecule has 0 spiro atoms. The number of alkyl halides is 3. The van der Waals surface area contributed by atoms with Crippen molar-refractivity contribution >= 4 is 16.7 Å². The lowest BCUT2D eigenvalue weighted by atomic mass is 10.1. The van der Waals surface area contributed by atoms with Crippen LogP contribution in [0.25, 0.3) is 10.8 Å². The molecule has 2 rings (SSSR count). The maximum absolute atomic E-state index is 12.2. The first-order valence-electron chi connectivity index (χ1n) is 5.92. The molecule has 0 bridgehead atoms. The third-order valence-corrected chi connectivity index (χ3v) is 2.85. The first-order chi connectivity index (χ1) is 9.79. The molecular weight excluding hydrogens is 289 g/mol. The molecule has 0 radical (unpaired) electrons. The molecule has 0 aliphatic heterocycles. The van der Waals surface area contributed by atoms with Gasteiger partial charge in [0.15, 0.2) is 6.10 Å². The molecule has 7 heteroatoms. The van der Waals surface area contributed by atoms with E-state index in [1.165, 1.54) is 12.1 Å². The summed E-state index contributed by atoms with van der Waals surface area (Å²) in [5.74, 6) is -1.54. The largest absolute Gasteiger partial charge is 0.490 e. The summed E-state index contributed by atoms with van der Waals surface area (Å²) < 4.78 is 41.5. The lowest BCUT2D eigenvalue weighted by molar-refractivity contribution is -0.210. The SMILES string of the molecule is O=C(O)c1cc2ccccc2cc1OCC(O)C(F)(F)F. The summed E-state index contributed by atoms with van der Waals surface area (Å²) in [7, 11) is 0. The number of hydrogen-bond donors (Lipinski definition) is 2. The fourth-order valence-corrected chi connectivity index (χ4v) is 1.77. The lowest BCUT2D eigenvalue weighted by Crippen LogP contribution is -2.34. The van der Waals surface area contributed by atoms with Crippen molar-refractivity contribution in [2.24, 2.45) is 0 Å². The van der Waals surface area contributed by atoms with Crippen LogP contribution >= 0.6 is 0 Å². The van der Waals surface area contributed by atoms with Gasteiger partial charge in [-0.1, -0.05) is 24.3 Å². The average Bonchev–Trinajstić information content (AvgIpc) is 2.42. The predicted octanol–water partition coefficient (Wildman–Crippen LogP) is 2.84. The number of fused-ring (bicyclic) bond motifs is 1. The van der Waals surface area contributed by atoms with Gasteiger partial charge in [-0.15, -0.1) is 0 Å². The zero-order chi connectivity index (χ0) is 15.6. The van der Waals surface area contributed by atoms with Crippen LogP contribution in [0, 0.1) is 0 Å². The van der Waals surface area contributed by atoms with Gasteiger partial charge < -0.3 is 14.9 Å². The van der Waals surface area contributed by atoms with Crippen LogP contribution in [0.2, 0.25) is 0 Å². The third-order valence-electron chi connectivity index (χ3n) is 2.85. The molecule has 0 heterocycles. The van der Waals surface area contributed by atoms with E-state index in [0.717, 1.165) is 0 Å². The Hall–Kier alpha value is -2.28. The Kier molecular flexibility index (Phi) is 4.04. The first kappa shape index (κ1) is 15.1. The Labute approximate surface area is 117 Å². The van der Waals surface area contributed by atoms with Gasteiger partial charge in [-0.3, -0.25) is 0 Å². The summed E-state index contributed by atoms with van der Waals surface area (Å²) in [6, 6.07) is 9.41. The molecule has 21 heavy (non-hydrogen) atoms. The van der Waals surface area contributed by atoms with Crippen LogP contribution in [-0.4, -0.2) is 35.1 Å². The van der Waals surface area contributed by atoms with Crippen molar-refractivity contribution in [3.63, 3.8) is 0 Å². The Morgan fingerprint density at radius 2 is 1.76 bits per heavy atom. The van der Waals surface area contributed by atoms with Gasteiger partial charge >= 0.3 is 12.1 Å². The van der Waals surface area contributed by atoms with Crippen molar-refractivity contribution in [1.29, 1.82) is 0 Å². The molecule has 1 atom stereocenters. The van der Waals surface area contributed by atoms with Crippen LogP contribution in [0.3, 0.4) is 0 Å².